The summed E-state index contributed by atoms with van der Waals surface area (Å²) in [6, 6.07) is 1.61. The Hall–Kier alpha value is -1.32. The second-order valence-corrected chi connectivity index (χ2v) is 3.00. The summed E-state index contributed by atoms with van der Waals surface area (Å²) in [4.78, 5) is 11.2. The van der Waals surface area contributed by atoms with Crippen molar-refractivity contribution < 1.29 is 0 Å². The second kappa shape index (κ2) is 2.62. The van der Waals surface area contributed by atoms with E-state index in [9.17, 15) is 4.79 Å². The van der Waals surface area contributed by atoms with Crippen LogP contribution in [0, 0.1) is 0 Å². The summed E-state index contributed by atoms with van der Waals surface area (Å²) in [5, 5.41) is 7.31. The van der Waals surface area contributed by atoms with Crippen LogP contribution in [0.5, 0.6) is 0 Å². The van der Waals surface area contributed by atoms with E-state index in [1.165, 1.54) is 4.68 Å². The van der Waals surface area contributed by atoms with Crippen molar-refractivity contribution >= 4 is 5.69 Å². The Morgan fingerprint density at radius 1 is 1.67 bits per heavy atom. The molecule has 4 nitrogen and oxygen atoms in total. The normalized spacial score (nSPS) is 15.1. The zero-order valence-electron chi connectivity index (χ0n) is 7.00. The summed E-state index contributed by atoms with van der Waals surface area (Å²) in [5.74, 6) is 0. The molecule has 1 aliphatic rings. The number of rotatable bonds is 0. The molecule has 2 rings (SSSR count). The third kappa shape index (κ3) is 1.09. The average Bonchev–Trinajstić information content (AvgIpc) is 2.07. The van der Waals surface area contributed by atoms with Crippen LogP contribution in [0.4, 0.5) is 5.69 Å². The van der Waals surface area contributed by atoms with Crippen LogP contribution >= 0.6 is 0 Å². The molecule has 12 heavy (non-hydrogen) atoms. The number of hydrogen-bond acceptors (Lipinski definition) is 3. The van der Waals surface area contributed by atoms with Crippen LogP contribution in [0.15, 0.2) is 10.9 Å². The lowest BCUT2D eigenvalue weighted by Gasteiger charge is -2.16. The summed E-state index contributed by atoms with van der Waals surface area (Å²) in [6.45, 7) is 0.946. The smallest absolute Gasteiger partial charge is 0.268 e. The fourth-order valence-corrected chi connectivity index (χ4v) is 1.40. The molecule has 1 aromatic heterocycles. The minimum Gasteiger partial charge on any atom is -0.383 e. The van der Waals surface area contributed by atoms with Gasteiger partial charge in [-0.1, -0.05) is 0 Å². The Morgan fingerprint density at radius 3 is 3.33 bits per heavy atom. The van der Waals surface area contributed by atoms with E-state index in [0.717, 1.165) is 30.8 Å². The largest absolute Gasteiger partial charge is 0.383 e. The molecule has 0 aromatic carbocycles. The molecule has 0 radical (unpaired) electrons. The van der Waals surface area contributed by atoms with Crippen molar-refractivity contribution in [2.24, 2.45) is 7.05 Å². The van der Waals surface area contributed by atoms with Crippen LogP contribution < -0.4 is 10.9 Å². The second-order valence-electron chi connectivity index (χ2n) is 3.00. The van der Waals surface area contributed by atoms with Crippen molar-refractivity contribution in [1.29, 1.82) is 0 Å². The lowest BCUT2D eigenvalue weighted by Crippen LogP contribution is -2.24. The van der Waals surface area contributed by atoms with E-state index in [0.29, 0.717) is 0 Å². The van der Waals surface area contributed by atoms with Gasteiger partial charge in [-0.25, -0.2) is 4.68 Å². The van der Waals surface area contributed by atoms with Gasteiger partial charge >= 0.3 is 0 Å². The Morgan fingerprint density at radius 2 is 2.50 bits per heavy atom. The molecule has 0 bridgehead atoms. The van der Waals surface area contributed by atoms with Gasteiger partial charge in [0, 0.05) is 19.7 Å². The molecule has 4 heteroatoms. The highest BCUT2D eigenvalue weighted by Crippen LogP contribution is 2.15. The van der Waals surface area contributed by atoms with Gasteiger partial charge in [0.2, 0.25) is 0 Å². The Balaban J connectivity index is 2.56. The van der Waals surface area contributed by atoms with E-state index in [1.54, 1.807) is 13.1 Å². The van der Waals surface area contributed by atoms with Crippen LogP contribution in [0.3, 0.4) is 0 Å². The first-order chi connectivity index (χ1) is 5.77. The summed E-state index contributed by atoms with van der Waals surface area (Å²) in [5.41, 5.74) is 1.86. The van der Waals surface area contributed by atoms with Gasteiger partial charge in [-0.15, -0.1) is 0 Å². The number of aromatic nitrogens is 2. The van der Waals surface area contributed by atoms with Gasteiger partial charge in [0.1, 0.15) is 0 Å². The van der Waals surface area contributed by atoms with Gasteiger partial charge in [-0.2, -0.15) is 5.10 Å². The quantitative estimate of drug-likeness (QED) is 0.594. The highest BCUT2D eigenvalue weighted by Gasteiger charge is 2.10. The number of fused-ring (bicyclic) bond motifs is 1. The Bertz CT molecular complexity index is 356. The van der Waals surface area contributed by atoms with Crippen LogP contribution in [0.25, 0.3) is 0 Å². The van der Waals surface area contributed by atoms with Crippen molar-refractivity contribution in [2.45, 2.75) is 12.8 Å². The molecule has 0 aliphatic carbocycles. The molecule has 0 atom stereocenters. The van der Waals surface area contributed by atoms with Crippen molar-refractivity contribution in [1.82, 2.24) is 9.78 Å². The molecule has 1 N–H and O–H groups in total. The maximum Gasteiger partial charge on any atom is 0.268 e. The highest BCUT2D eigenvalue weighted by molar-refractivity contribution is 5.48. The Labute approximate surface area is 70.2 Å². The van der Waals surface area contributed by atoms with E-state index < -0.39 is 0 Å². The third-order valence-corrected chi connectivity index (χ3v) is 2.07. The molecule has 0 spiro atoms. The summed E-state index contributed by atoms with van der Waals surface area (Å²) in [7, 11) is 1.68. The molecule has 0 saturated carbocycles. The SMILES string of the molecule is Cn1nc2c(cc1=O)NCCC2. The molecule has 0 fully saturated rings. The molecule has 0 unspecified atom stereocenters. The predicted molar refractivity (Wildman–Crippen MR) is 46.3 cm³/mol. The van der Waals surface area contributed by atoms with Crippen molar-refractivity contribution in [3.8, 4) is 0 Å². The fourth-order valence-electron chi connectivity index (χ4n) is 1.40. The minimum atomic E-state index is -0.0526. The number of anilines is 1. The maximum atomic E-state index is 11.2. The van der Waals surface area contributed by atoms with E-state index in [2.05, 4.69) is 10.4 Å². The van der Waals surface area contributed by atoms with Crippen molar-refractivity contribution in [2.75, 3.05) is 11.9 Å². The molecule has 0 saturated heterocycles. The molecular weight excluding hydrogens is 154 g/mol. The van der Waals surface area contributed by atoms with E-state index >= 15 is 0 Å². The first-order valence-electron chi connectivity index (χ1n) is 4.08. The lowest BCUT2D eigenvalue weighted by molar-refractivity contribution is 0.657. The van der Waals surface area contributed by atoms with Crippen molar-refractivity contribution in [3.63, 3.8) is 0 Å². The zero-order chi connectivity index (χ0) is 8.55. The monoisotopic (exact) mass is 165 g/mol. The number of nitrogens with zero attached hydrogens (tertiary/aromatic N) is 2. The van der Waals surface area contributed by atoms with Gasteiger partial charge in [0.05, 0.1) is 11.4 Å². The number of nitrogens with one attached hydrogen (secondary N) is 1. The number of aryl methyl sites for hydroxylation is 2. The van der Waals surface area contributed by atoms with Crippen LogP contribution in [-0.2, 0) is 13.5 Å². The van der Waals surface area contributed by atoms with Crippen molar-refractivity contribution in [3.05, 3.63) is 22.1 Å². The first kappa shape index (κ1) is 7.34. The maximum absolute atomic E-state index is 11.2. The minimum absolute atomic E-state index is 0.0526. The zero-order valence-corrected chi connectivity index (χ0v) is 7.00. The Kier molecular flexibility index (Phi) is 1.60. The van der Waals surface area contributed by atoms with Gasteiger partial charge in [0.15, 0.2) is 0 Å². The molecule has 64 valence electrons. The number of hydrogen-bond donors (Lipinski definition) is 1. The van der Waals surface area contributed by atoms with Crippen LogP contribution in [-0.4, -0.2) is 16.3 Å². The summed E-state index contributed by atoms with van der Waals surface area (Å²) < 4.78 is 1.38. The summed E-state index contributed by atoms with van der Waals surface area (Å²) >= 11 is 0. The molecule has 0 amide bonds. The van der Waals surface area contributed by atoms with E-state index in [-0.39, 0.29) is 5.56 Å². The first-order valence-corrected chi connectivity index (χ1v) is 4.08. The average molecular weight is 165 g/mol. The predicted octanol–water partition coefficient (Wildman–Crippen LogP) is 0.138. The van der Waals surface area contributed by atoms with Gasteiger partial charge < -0.3 is 5.32 Å². The standard InChI is InChI=1S/C8H11N3O/c1-11-8(12)5-7-6(10-11)3-2-4-9-7/h5,9H,2-4H2,1H3. The molecule has 1 aromatic rings. The molecule has 1 aliphatic heterocycles. The van der Waals surface area contributed by atoms with Gasteiger partial charge in [-0.3, -0.25) is 4.79 Å². The van der Waals surface area contributed by atoms with Gasteiger partial charge in [-0.05, 0) is 12.8 Å². The summed E-state index contributed by atoms with van der Waals surface area (Å²) in [6.07, 6.45) is 2.06. The van der Waals surface area contributed by atoms with E-state index in [4.69, 9.17) is 0 Å². The van der Waals surface area contributed by atoms with Gasteiger partial charge in [0.25, 0.3) is 5.56 Å². The fraction of sp³-hybridized carbons (Fsp3) is 0.500. The van der Waals surface area contributed by atoms with E-state index in [1.807, 2.05) is 0 Å². The lowest BCUT2D eigenvalue weighted by atomic mass is 10.1. The van der Waals surface area contributed by atoms with Crippen LogP contribution in [0.1, 0.15) is 12.1 Å². The third-order valence-electron chi connectivity index (χ3n) is 2.07. The van der Waals surface area contributed by atoms with Crippen LogP contribution in [0.2, 0.25) is 0 Å². The molecule has 2 heterocycles. The molecular formula is C8H11N3O. The topological polar surface area (TPSA) is 46.9 Å². The highest BCUT2D eigenvalue weighted by atomic mass is 16.1.